The Morgan fingerprint density at radius 3 is 2.67 bits per heavy atom. The predicted octanol–water partition coefficient (Wildman–Crippen LogP) is 1.31. The van der Waals surface area contributed by atoms with E-state index in [4.69, 9.17) is 0 Å². The van der Waals surface area contributed by atoms with E-state index in [1.54, 1.807) is 0 Å². The number of rotatable bonds is 6. The third-order valence-electron chi connectivity index (χ3n) is 4.20. The van der Waals surface area contributed by atoms with Crippen LogP contribution in [0.2, 0.25) is 0 Å². The van der Waals surface area contributed by atoms with E-state index in [9.17, 15) is 4.79 Å². The number of pyridine rings is 1. The minimum atomic E-state index is 0.191. The molecule has 114 valence electrons. The molecule has 2 aliphatic rings. The summed E-state index contributed by atoms with van der Waals surface area (Å²) in [6, 6.07) is 7.05. The number of piperidine rings is 1. The summed E-state index contributed by atoms with van der Waals surface area (Å²) >= 11 is 0. The molecule has 2 fully saturated rings. The van der Waals surface area contributed by atoms with Crippen molar-refractivity contribution in [2.75, 3.05) is 24.5 Å². The van der Waals surface area contributed by atoms with E-state index in [0.717, 1.165) is 51.1 Å². The van der Waals surface area contributed by atoms with Crippen LogP contribution in [0, 0.1) is 0 Å². The lowest BCUT2D eigenvalue weighted by Gasteiger charge is -2.33. The quantitative estimate of drug-likeness (QED) is 0.828. The van der Waals surface area contributed by atoms with Crippen molar-refractivity contribution in [1.29, 1.82) is 0 Å². The third kappa shape index (κ3) is 4.43. The van der Waals surface area contributed by atoms with Crippen molar-refractivity contribution in [2.45, 2.75) is 44.2 Å². The van der Waals surface area contributed by atoms with Crippen molar-refractivity contribution in [3.63, 3.8) is 0 Å². The molecule has 1 aromatic heterocycles. The molecule has 0 aromatic carbocycles. The summed E-state index contributed by atoms with van der Waals surface area (Å²) in [4.78, 5) is 18.3. The van der Waals surface area contributed by atoms with Crippen molar-refractivity contribution in [1.82, 2.24) is 15.6 Å². The lowest BCUT2D eigenvalue weighted by Crippen LogP contribution is -2.43. The minimum absolute atomic E-state index is 0.191. The summed E-state index contributed by atoms with van der Waals surface area (Å²) < 4.78 is 0. The Balaban J connectivity index is 1.33. The van der Waals surface area contributed by atoms with Crippen LogP contribution in [0.3, 0.4) is 0 Å². The molecule has 0 radical (unpaired) electrons. The summed E-state index contributed by atoms with van der Waals surface area (Å²) in [6.07, 6.45) is 6.98. The highest BCUT2D eigenvalue weighted by Gasteiger charge is 2.23. The summed E-state index contributed by atoms with van der Waals surface area (Å²) in [5.74, 6) is 1.26. The van der Waals surface area contributed by atoms with Crippen LogP contribution in [0.5, 0.6) is 0 Å². The number of anilines is 1. The zero-order valence-corrected chi connectivity index (χ0v) is 12.4. The number of hydrogen-bond donors (Lipinski definition) is 2. The van der Waals surface area contributed by atoms with Gasteiger partial charge in [0.15, 0.2) is 0 Å². The molecule has 3 rings (SSSR count). The summed E-state index contributed by atoms with van der Waals surface area (Å²) in [7, 11) is 0. The van der Waals surface area contributed by atoms with Gasteiger partial charge in [0.2, 0.25) is 5.91 Å². The number of amides is 1. The number of hydrogen-bond acceptors (Lipinski definition) is 4. The molecule has 1 aliphatic carbocycles. The Morgan fingerprint density at radius 1 is 1.19 bits per heavy atom. The van der Waals surface area contributed by atoms with E-state index in [0.29, 0.717) is 18.5 Å². The van der Waals surface area contributed by atoms with Gasteiger partial charge in [-0.2, -0.15) is 0 Å². The first-order valence-corrected chi connectivity index (χ1v) is 8.00. The van der Waals surface area contributed by atoms with Gasteiger partial charge in [0, 0.05) is 44.3 Å². The molecule has 2 heterocycles. The Kier molecular flexibility index (Phi) is 4.70. The first-order chi connectivity index (χ1) is 10.3. The fraction of sp³-hybridized carbons (Fsp3) is 0.625. The van der Waals surface area contributed by atoms with Gasteiger partial charge in [-0.05, 0) is 37.8 Å². The second-order valence-electron chi connectivity index (χ2n) is 6.00. The zero-order valence-electron chi connectivity index (χ0n) is 12.4. The Bertz CT molecular complexity index is 453. The van der Waals surface area contributed by atoms with E-state index in [-0.39, 0.29) is 5.91 Å². The van der Waals surface area contributed by atoms with E-state index in [2.05, 4.69) is 26.6 Å². The molecule has 21 heavy (non-hydrogen) atoms. The molecule has 2 N–H and O–H groups in total. The van der Waals surface area contributed by atoms with Crippen molar-refractivity contribution in [2.24, 2.45) is 0 Å². The molecule has 1 saturated heterocycles. The highest BCUT2D eigenvalue weighted by atomic mass is 16.1. The van der Waals surface area contributed by atoms with Gasteiger partial charge in [0.05, 0.1) is 0 Å². The molecule has 5 nitrogen and oxygen atoms in total. The van der Waals surface area contributed by atoms with Crippen molar-refractivity contribution >= 4 is 11.7 Å². The average molecular weight is 288 g/mol. The number of carbonyl (C=O) groups is 1. The lowest BCUT2D eigenvalue weighted by molar-refractivity contribution is -0.121. The summed E-state index contributed by atoms with van der Waals surface area (Å²) in [6.45, 7) is 2.85. The van der Waals surface area contributed by atoms with Crippen molar-refractivity contribution in [3.8, 4) is 0 Å². The van der Waals surface area contributed by atoms with Crippen LogP contribution in [0.25, 0.3) is 0 Å². The molecule has 1 saturated carbocycles. The summed E-state index contributed by atoms with van der Waals surface area (Å²) in [5, 5.41) is 6.53. The predicted molar refractivity (Wildman–Crippen MR) is 83.3 cm³/mol. The molecule has 1 aromatic rings. The Labute approximate surface area is 126 Å². The zero-order chi connectivity index (χ0) is 14.5. The van der Waals surface area contributed by atoms with Crippen LogP contribution in [0.4, 0.5) is 5.82 Å². The van der Waals surface area contributed by atoms with Gasteiger partial charge >= 0.3 is 0 Å². The first kappa shape index (κ1) is 14.3. The molecule has 5 heteroatoms. The van der Waals surface area contributed by atoms with Gasteiger partial charge < -0.3 is 15.5 Å². The molecule has 0 spiro atoms. The Morgan fingerprint density at radius 2 is 2.00 bits per heavy atom. The molecule has 0 unspecified atom stereocenters. The van der Waals surface area contributed by atoms with Gasteiger partial charge in [-0.25, -0.2) is 4.98 Å². The van der Waals surface area contributed by atoms with Crippen LogP contribution in [-0.4, -0.2) is 42.6 Å². The third-order valence-corrected chi connectivity index (χ3v) is 4.20. The van der Waals surface area contributed by atoms with Crippen molar-refractivity contribution in [3.05, 3.63) is 24.4 Å². The molecular weight excluding hydrogens is 264 g/mol. The number of aromatic nitrogens is 1. The molecular formula is C16H24N4O. The second-order valence-corrected chi connectivity index (χ2v) is 6.00. The van der Waals surface area contributed by atoms with Gasteiger partial charge in [-0.3, -0.25) is 4.79 Å². The maximum Gasteiger partial charge on any atom is 0.221 e. The van der Waals surface area contributed by atoms with Crippen molar-refractivity contribution < 1.29 is 4.79 Å². The van der Waals surface area contributed by atoms with Gasteiger partial charge in [0.25, 0.3) is 0 Å². The second kappa shape index (κ2) is 6.89. The largest absolute Gasteiger partial charge is 0.357 e. The average Bonchev–Trinajstić information content (AvgIpc) is 3.33. The van der Waals surface area contributed by atoms with Gasteiger partial charge in [0.1, 0.15) is 5.82 Å². The highest BCUT2D eigenvalue weighted by molar-refractivity contribution is 5.76. The molecule has 0 atom stereocenters. The summed E-state index contributed by atoms with van der Waals surface area (Å²) in [5.41, 5.74) is 0. The van der Waals surface area contributed by atoms with Gasteiger partial charge in [-0.1, -0.05) is 6.07 Å². The van der Waals surface area contributed by atoms with E-state index in [1.807, 2.05) is 18.3 Å². The standard InChI is InChI=1S/C16H24N4O/c21-16(19-14-4-5-14)6-10-17-13-7-11-20(12-8-13)15-3-1-2-9-18-15/h1-3,9,13-14,17H,4-8,10-12H2,(H,19,21). The van der Waals surface area contributed by atoms with E-state index in [1.165, 1.54) is 0 Å². The number of nitrogens with one attached hydrogen (secondary N) is 2. The first-order valence-electron chi connectivity index (χ1n) is 8.00. The highest BCUT2D eigenvalue weighted by Crippen LogP contribution is 2.19. The smallest absolute Gasteiger partial charge is 0.221 e. The topological polar surface area (TPSA) is 57.3 Å². The minimum Gasteiger partial charge on any atom is -0.357 e. The fourth-order valence-electron chi connectivity index (χ4n) is 2.77. The maximum atomic E-state index is 11.6. The van der Waals surface area contributed by atoms with Crippen LogP contribution in [0.1, 0.15) is 32.1 Å². The van der Waals surface area contributed by atoms with Crippen LogP contribution in [-0.2, 0) is 4.79 Å². The SMILES string of the molecule is O=C(CCNC1CCN(c2ccccn2)CC1)NC1CC1. The Hall–Kier alpha value is -1.62. The fourth-order valence-corrected chi connectivity index (χ4v) is 2.77. The number of nitrogens with zero attached hydrogens (tertiary/aromatic N) is 2. The molecule has 0 bridgehead atoms. The van der Waals surface area contributed by atoms with Gasteiger partial charge in [-0.15, -0.1) is 0 Å². The normalized spacial score (nSPS) is 19.5. The lowest BCUT2D eigenvalue weighted by atomic mass is 10.0. The van der Waals surface area contributed by atoms with E-state index >= 15 is 0 Å². The van der Waals surface area contributed by atoms with Crippen LogP contribution in [0.15, 0.2) is 24.4 Å². The monoisotopic (exact) mass is 288 g/mol. The van der Waals surface area contributed by atoms with E-state index < -0.39 is 0 Å². The number of carbonyl (C=O) groups excluding carboxylic acids is 1. The molecule has 1 amide bonds. The van der Waals surface area contributed by atoms with Crippen LogP contribution >= 0.6 is 0 Å². The van der Waals surface area contributed by atoms with Crippen LogP contribution < -0.4 is 15.5 Å². The molecule has 1 aliphatic heterocycles. The maximum absolute atomic E-state index is 11.6.